The topological polar surface area (TPSA) is 116 Å². The first-order valence-electron chi connectivity index (χ1n) is 23.2. The van der Waals surface area contributed by atoms with E-state index in [1.165, 1.54) is 29.3 Å². The molecule has 356 valence electrons. The monoisotopic (exact) mass is 978 g/mol. The molecule has 2 atom stereocenters. The van der Waals surface area contributed by atoms with Crippen molar-refractivity contribution < 1.29 is 36.2 Å². The van der Waals surface area contributed by atoms with Crippen molar-refractivity contribution >= 4 is 51.7 Å². The van der Waals surface area contributed by atoms with Crippen LogP contribution in [0.2, 0.25) is 0 Å². The van der Waals surface area contributed by atoms with E-state index in [1.54, 1.807) is 42.8 Å². The first kappa shape index (κ1) is 45.0. The van der Waals surface area contributed by atoms with Gasteiger partial charge in [-0.15, -0.1) is 0 Å². The third-order valence-electron chi connectivity index (χ3n) is 13.0. The molecular weight excluding hydrogens is 929 g/mol. The molecule has 12 rings (SSSR count). The molecule has 0 unspecified atom stereocenters. The number of nitrogens with zero attached hydrogens (tertiary/aromatic N) is 11. The molecule has 0 bridgehead atoms. The summed E-state index contributed by atoms with van der Waals surface area (Å²) in [6, 6.07) is 10.6. The lowest BCUT2D eigenvalue weighted by molar-refractivity contribution is -0.720. The van der Waals surface area contributed by atoms with Gasteiger partial charge in [-0.1, -0.05) is 22.7 Å². The fourth-order valence-corrected chi connectivity index (χ4v) is 12.0. The van der Waals surface area contributed by atoms with Crippen molar-refractivity contribution in [3.8, 4) is 20.9 Å². The number of hydrogen-bond acceptors (Lipinski definition) is 11. The van der Waals surface area contributed by atoms with Crippen LogP contribution >= 0.6 is 22.7 Å². The lowest BCUT2D eigenvalue weighted by Crippen LogP contribution is -2.53. The Hall–Kier alpha value is -6.51. The minimum absolute atomic E-state index is 0.229. The fourth-order valence-electron chi connectivity index (χ4n) is 9.75. The van der Waals surface area contributed by atoms with Crippen molar-refractivity contribution in [1.29, 1.82) is 0 Å². The number of ether oxygens (including phenoxy) is 1. The molecule has 2 aromatic carbocycles. The Labute approximate surface area is 403 Å². The van der Waals surface area contributed by atoms with Crippen molar-refractivity contribution in [3.63, 3.8) is 0 Å². The molecule has 20 heteroatoms. The summed E-state index contributed by atoms with van der Waals surface area (Å²) in [4.78, 5) is 30.4. The molecular formula is C49H50F4N12O2S2+2. The van der Waals surface area contributed by atoms with Crippen LogP contribution in [0, 0.1) is 23.3 Å². The second-order valence-corrected chi connectivity index (χ2v) is 21.0. The molecule has 0 spiro atoms. The number of halogens is 4. The molecule has 69 heavy (non-hydrogen) atoms. The van der Waals surface area contributed by atoms with E-state index in [1.807, 2.05) is 62.6 Å². The molecule has 6 aromatic heterocycles. The SMILES string of the molecule is CC(C)(C)OC(=O)N1CCc2sc(-c3cnn4ccc(N5CCC[C@@H]5c5cc(F)ccc5F)nc34)c[n+]2C1.Fc1ccc(F)c([C@H]2CCCN2c2ccn3ncc(-c4c[n+]5c(s4)CCNC5)c3n2)c1. The Bertz CT molecular complexity index is 3210. The number of amides is 1. The van der Waals surface area contributed by atoms with Crippen molar-refractivity contribution in [2.75, 3.05) is 36.0 Å². The van der Waals surface area contributed by atoms with Gasteiger partial charge in [0.05, 0.1) is 48.4 Å². The Morgan fingerprint density at radius 2 is 1.26 bits per heavy atom. The summed E-state index contributed by atoms with van der Waals surface area (Å²) in [5, 5.41) is 14.9. The fraction of sp³-hybridized carbons (Fsp3) is 0.367. The second-order valence-electron chi connectivity index (χ2n) is 18.7. The maximum atomic E-state index is 14.6. The molecule has 10 heterocycles. The molecule has 0 radical (unpaired) electrons. The smallest absolute Gasteiger partial charge is 0.415 e. The molecule has 8 aromatic rings. The number of carbonyl (C=O) groups is 1. The second kappa shape index (κ2) is 18.1. The summed E-state index contributed by atoms with van der Waals surface area (Å²) >= 11 is 3.43. The van der Waals surface area contributed by atoms with Crippen molar-refractivity contribution in [1.82, 2.24) is 39.4 Å². The van der Waals surface area contributed by atoms with E-state index in [9.17, 15) is 22.4 Å². The number of hydrogen-bond donors (Lipinski definition) is 1. The number of fused-ring (bicyclic) bond motifs is 4. The maximum Gasteiger partial charge on any atom is 0.415 e. The first-order valence-corrected chi connectivity index (χ1v) is 24.8. The zero-order valence-corrected chi connectivity index (χ0v) is 39.9. The van der Waals surface area contributed by atoms with Gasteiger partial charge in [-0.25, -0.2) is 41.4 Å². The average Bonchev–Trinajstić information content (AvgIpc) is 4.20. The molecule has 2 saturated heterocycles. The van der Waals surface area contributed by atoms with Crippen LogP contribution in [0.5, 0.6) is 0 Å². The maximum absolute atomic E-state index is 14.6. The highest BCUT2D eigenvalue weighted by Gasteiger charge is 2.35. The molecule has 0 saturated carbocycles. The third kappa shape index (κ3) is 8.89. The quantitative estimate of drug-likeness (QED) is 0.129. The number of nitrogens with one attached hydrogen (secondary N) is 1. The molecule has 4 aliphatic rings. The highest BCUT2D eigenvalue weighted by molar-refractivity contribution is 7.15. The molecule has 1 amide bonds. The summed E-state index contributed by atoms with van der Waals surface area (Å²) in [5.74, 6) is -0.181. The largest absolute Gasteiger partial charge is 0.444 e. The van der Waals surface area contributed by atoms with E-state index < -0.39 is 23.1 Å². The van der Waals surface area contributed by atoms with Crippen LogP contribution in [0.25, 0.3) is 32.2 Å². The van der Waals surface area contributed by atoms with Crippen LogP contribution in [0.15, 0.2) is 85.7 Å². The van der Waals surface area contributed by atoms with E-state index >= 15 is 0 Å². The number of carbonyl (C=O) groups excluding carboxylic acids is 1. The van der Waals surface area contributed by atoms with Gasteiger partial charge in [-0.2, -0.15) is 19.3 Å². The van der Waals surface area contributed by atoms with Crippen LogP contribution < -0.4 is 24.3 Å². The van der Waals surface area contributed by atoms with Crippen molar-refractivity contribution in [2.24, 2.45) is 0 Å². The lowest BCUT2D eigenvalue weighted by Gasteiger charge is -2.26. The van der Waals surface area contributed by atoms with Crippen LogP contribution in [0.3, 0.4) is 0 Å². The summed E-state index contributed by atoms with van der Waals surface area (Å²) in [5.41, 5.74) is 3.54. The van der Waals surface area contributed by atoms with Gasteiger partial charge in [-0.05, 0) is 95.0 Å². The Kier molecular flexibility index (Phi) is 11.8. The van der Waals surface area contributed by atoms with Crippen LogP contribution in [0.4, 0.5) is 34.0 Å². The number of thiazole rings is 2. The van der Waals surface area contributed by atoms with E-state index in [2.05, 4.69) is 35.7 Å². The number of benzene rings is 2. The Balaban J connectivity index is 0.000000154. The highest BCUT2D eigenvalue weighted by Crippen LogP contribution is 2.40. The van der Waals surface area contributed by atoms with E-state index in [4.69, 9.17) is 14.7 Å². The van der Waals surface area contributed by atoms with Gasteiger partial charge in [0.2, 0.25) is 23.4 Å². The zero-order valence-electron chi connectivity index (χ0n) is 38.3. The van der Waals surface area contributed by atoms with Crippen LogP contribution in [0.1, 0.15) is 79.7 Å². The molecule has 1 N–H and O–H groups in total. The minimum Gasteiger partial charge on any atom is -0.444 e. The summed E-state index contributed by atoms with van der Waals surface area (Å²) < 4.78 is 70.2. The normalized spacial score (nSPS) is 18.2. The lowest BCUT2D eigenvalue weighted by atomic mass is 10.0. The highest BCUT2D eigenvalue weighted by atomic mass is 32.1. The zero-order chi connectivity index (χ0) is 47.6. The van der Waals surface area contributed by atoms with Crippen molar-refractivity contribution in [3.05, 3.63) is 130 Å². The standard InChI is InChI=1S/C27H29F2N6O2S.C22H21F2N6S/c1-27(2,3)37-26(36)32-11-9-24-33(16-32)15-22(38-24)19-14-30-35-12-8-23(31-25(19)35)34-10-4-5-21(34)18-13-17(28)6-7-20(18)29;23-14-3-4-17(24)15(10-14)18-2-1-8-29(18)20-6-9-30-22(27-20)16(11-26-30)19-12-28-13-25-7-5-21(28)31-19/h6-8,12-15,21H,4-5,9-11,16H2,1-3H3;3-4,6,9-12,18,25H,1-2,5,7-8,13H2/q2*+1/t21-;18-/m11/s1. The van der Waals surface area contributed by atoms with Gasteiger partial charge in [0.15, 0.2) is 23.7 Å². The van der Waals surface area contributed by atoms with E-state index in [0.29, 0.717) is 42.4 Å². The summed E-state index contributed by atoms with van der Waals surface area (Å²) in [7, 11) is 0. The van der Waals surface area contributed by atoms with Crippen molar-refractivity contribution in [2.45, 2.75) is 90.3 Å². The molecule has 4 aliphatic heterocycles. The number of anilines is 2. The van der Waals surface area contributed by atoms with E-state index in [-0.39, 0.29) is 24.0 Å². The minimum atomic E-state index is -0.545. The van der Waals surface area contributed by atoms with E-state index in [0.717, 1.165) is 108 Å². The van der Waals surface area contributed by atoms with Gasteiger partial charge in [-0.3, -0.25) is 10.2 Å². The van der Waals surface area contributed by atoms with Crippen LogP contribution in [-0.2, 0) is 30.9 Å². The van der Waals surface area contributed by atoms with Crippen LogP contribution in [-0.4, -0.2) is 72.0 Å². The van der Waals surface area contributed by atoms with Gasteiger partial charge >= 0.3 is 6.09 Å². The third-order valence-corrected chi connectivity index (χ3v) is 15.4. The van der Waals surface area contributed by atoms with Gasteiger partial charge in [0, 0.05) is 49.7 Å². The molecule has 2 fully saturated rings. The predicted molar refractivity (Wildman–Crippen MR) is 253 cm³/mol. The van der Waals surface area contributed by atoms with Gasteiger partial charge in [0.25, 0.3) is 0 Å². The summed E-state index contributed by atoms with van der Waals surface area (Å²) in [6.07, 6.45) is 16.2. The predicted octanol–water partition coefficient (Wildman–Crippen LogP) is 8.58. The average molecular weight is 979 g/mol. The first-order chi connectivity index (χ1) is 33.3. The number of aromatic nitrogens is 8. The summed E-state index contributed by atoms with van der Waals surface area (Å²) in [6.45, 7) is 9.87. The van der Waals surface area contributed by atoms with Gasteiger partial charge < -0.3 is 14.5 Å². The molecule has 0 aliphatic carbocycles. The Morgan fingerprint density at radius 1 is 0.725 bits per heavy atom. The van der Waals surface area contributed by atoms with Gasteiger partial charge in [0.1, 0.15) is 50.3 Å². The Morgan fingerprint density at radius 3 is 1.80 bits per heavy atom. The number of rotatable bonds is 6. The molecule has 14 nitrogen and oxygen atoms in total.